The van der Waals surface area contributed by atoms with Crippen LogP contribution in [0, 0.1) is 0 Å². The second kappa shape index (κ2) is 9.61. The molecule has 9 heteroatoms. The van der Waals surface area contributed by atoms with Gasteiger partial charge in [0.25, 0.3) is 0 Å². The molecule has 2 aliphatic heterocycles. The molecule has 4 rings (SSSR count). The van der Waals surface area contributed by atoms with E-state index < -0.39 is 17.7 Å². The third-order valence-electron chi connectivity index (χ3n) is 6.26. The van der Waals surface area contributed by atoms with E-state index in [0.717, 1.165) is 30.9 Å². The zero-order chi connectivity index (χ0) is 23.6. The predicted octanol–water partition coefficient (Wildman–Crippen LogP) is 4.15. The summed E-state index contributed by atoms with van der Waals surface area (Å²) in [6.45, 7) is 5.64. The second-order valence-corrected chi connectivity index (χ2v) is 8.57. The lowest BCUT2D eigenvalue weighted by Gasteiger charge is -2.37. The Labute approximate surface area is 190 Å². The first-order chi connectivity index (χ1) is 15.7. The van der Waals surface area contributed by atoms with E-state index in [0.29, 0.717) is 31.9 Å². The molecule has 0 amide bonds. The van der Waals surface area contributed by atoms with Gasteiger partial charge >= 0.3 is 12.1 Å². The third kappa shape index (κ3) is 5.59. The molecule has 0 aromatic heterocycles. The van der Waals surface area contributed by atoms with Crippen molar-refractivity contribution in [2.24, 2.45) is 0 Å². The van der Waals surface area contributed by atoms with Gasteiger partial charge in [-0.15, -0.1) is 0 Å². The molecule has 0 saturated carbocycles. The van der Waals surface area contributed by atoms with Gasteiger partial charge in [0.1, 0.15) is 11.9 Å². The predicted molar refractivity (Wildman–Crippen MR) is 117 cm³/mol. The summed E-state index contributed by atoms with van der Waals surface area (Å²) < 4.78 is 50.1. The molecule has 2 aliphatic rings. The summed E-state index contributed by atoms with van der Waals surface area (Å²) in [6, 6.07) is 11.9. The summed E-state index contributed by atoms with van der Waals surface area (Å²) in [5.41, 5.74) is 0.402. The highest BCUT2D eigenvalue weighted by atomic mass is 19.4. The van der Waals surface area contributed by atoms with Gasteiger partial charge in [-0.1, -0.05) is 0 Å². The normalized spacial score (nSPS) is 24.1. The first-order valence-corrected chi connectivity index (χ1v) is 11.0. The van der Waals surface area contributed by atoms with Crippen LogP contribution in [0.3, 0.4) is 0 Å². The van der Waals surface area contributed by atoms with Crippen molar-refractivity contribution in [2.75, 3.05) is 37.7 Å². The summed E-state index contributed by atoms with van der Waals surface area (Å²) in [7, 11) is 0. The van der Waals surface area contributed by atoms with Gasteiger partial charge in [0, 0.05) is 37.3 Å². The average Bonchev–Trinajstić information content (AvgIpc) is 3.17. The SMILES string of the molecule is C[C@H]1COCCN1C[C@@H]1C[C@@H](Oc2ccc(C(F)(F)F)cc2)CN1c1ccc(C(=O)O)cc1. The Kier molecular flexibility index (Phi) is 6.81. The largest absolute Gasteiger partial charge is 0.489 e. The minimum Gasteiger partial charge on any atom is -0.489 e. The van der Waals surface area contributed by atoms with Crippen LogP contribution < -0.4 is 9.64 Å². The molecule has 0 radical (unpaired) electrons. The molecule has 3 atom stereocenters. The van der Waals surface area contributed by atoms with Gasteiger partial charge in [0.05, 0.1) is 30.9 Å². The van der Waals surface area contributed by atoms with Gasteiger partial charge in [-0.2, -0.15) is 13.2 Å². The highest BCUT2D eigenvalue weighted by molar-refractivity contribution is 5.88. The fourth-order valence-corrected chi connectivity index (χ4v) is 4.46. The summed E-state index contributed by atoms with van der Waals surface area (Å²) >= 11 is 0. The standard InChI is InChI=1S/C24H27F3N2O4/c1-16-15-32-11-10-28(16)13-20-12-22(33-21-8-4-18(5-9-21)24(25,26)27)14-29(20)19-6-2-17(3-7-19)23(30)31/h2-9,16,20,22H,10-15H2,1H3,(H,30,31)/t16-,20-,22+/m0/s1. The molecule has 6 nitrogen and oxygen atoms in total. The highest BCUT2D eigenvalue weighted by Gasteiger charge is 2.36. The molecule has 2 aromatic carbocycles. The molecule has 0 unspecified atom stereocenters. The number of hydrogen-bond acceptors (Lipinski definition) is 5. The van der Waals surface area contributed by atoms with E-state index in [1.54, 1.807) is 24.3 Å². The lowest BCUT2D eigenvalue weighted by molar-refractivity contribution is -0.137. The lowest BCUT2D eigenvalue weighted by Crippen LogP contribution is -2.49. The van der Waals surface area contributed by atoms with Crippen molar-refractivity contribution < 1.29 is 32.5 Å². The van der Waals surface area contributed by atoms with Crippen LogP contribution >= 0.6 is 0 Å². The van der Waals surface area contributed by atoms with Crippen LogP contribution in [-0.2, 0) is 10.9 Å². The zero-order valence-electron chi connectivity index (χ0n) is 18.3. The first kappa shape index (κ1) is 23.4. The molecule has 2 aromatic rings. The number of carboxylic acids is 1. The fraction of sp³-hybridized carbons (Fsp3) is 0.458. The summed E-state index contributed by atoms with van der Waals surface area (Å²) in [6.07, 6.45) is -3.89. The average molecular weight is 464 g/mol. The molecule has 0 aliphatic carbocycles. The first-order valence-electron chi connectivity index (χ1n) is 11.0. The van der Waals surface area contributed by atoms with Crippen LogP contribution in [0.1, 0.15) is 29.3 Å². The summed E-state index contributed by atoms with van der Waals surface area (Å²) in [5, 5.41) is 9.19. The van der Waals surface area contributed by atoms with Crippen molar-refractivity contribution >= 4 is 11.7 Å². The van der Waals surface area contributed by atoms with Gasteiger partial charge in [0.2, 0.25) is 0 Å². The van der Waals surface area contributed by atoms with Crippen molar-refractivity contribution in [3.8, 4) is 5.75 Å². The number of alkyl halides is 3. The molecular weight excluding hydrogens is 437 g/mol. The van der Waals surface area contributed by atoms with Crippen molar-refractivity contribution in [2.45, 2.75) is 37.7 Å². The van der Waals surface area contributed by atoms with E-state index in [1.165, 1.54) is 12.1 Å². The van der Waals surface area contributed by atoms with Crippen molar-refractivity contribution in [3.63, 3.8) is 0 Å². The second-order valence-electron chi connectivity index (χ2n) is 8.57. The number of carbonyl (C=O) groups is 1. The fourth-order valence-electron chi connectivity index (χ4n) is 4.46. The summed E-state index contributed by atoms with van der Waals surface area (Å²) in [5.74, 6) is -0.584. The van der Waals surface area contributed by atoms with Crippen molar-refractivity contribution in [1.82, 2.24) is 4.90 Å². The number of aromatic carboxylic acids is 1. The molecule has 2 saturated heterocycles. The minimum atomic E-state index is -4.38. The maximum atomic E-state index is 12.8. The van der Waals surface area contributed by atoms with Gasteiger partial charge in [-0.25, -0.2) is 4.79 Å². The number of carboxylic acid groups (broad SMARTS) is 1. The van der Waals surface area contributed by atoms with Crippen molar-refractivity contribution in [3.05, 3.63) is 59.7 Å². The van der Waals surface area contributed by atoms with Gasteiger partial charge in [-0.05, 0) is 55.5 Å². The van der Waals surface area contributed by atoms with Crippen LogP contribution in [0.15, 0.2) is 48.5 Å². The molecule has 33 heavy (non-hydrogen) atoms. The van der Waals surface area contributed by atoms with E-state index in [9.17, 15) is 23.1 Å². The van der Waals surface area contributed by atoms with E-state index in [2.05, 4.69) is 16.7 Å². The molecule has 2 heterocycles. The third-order valence-corrected chi connectivity index (χ3v) is 6.26. The highest BCUT2D eigenvalue weighted by Crippen LogP contribution is 2.33. The van der Waals surface area contributed by atoms with Crippen LogP contribution in [0.5, 0.6) is 5.75 Å². The zero-order valence-corrected chi connectivity index (χ0v) is 18.3. The van der Waals surface area contributed by atoms with Gasteiger partial charge < -0.3 is 19.5 Å². The van der Waals surface area contributed by atoms with Crippen LogP contribution in [0.4, 0.5) is 18.9 Å². The van der Waals surface area contributed by atoms with E-state index in [4.69, 9.17) is 9.47 Å². The number of rotatable bonds is 6. The Balaban J connectivity index is 1.50. The molecule has 0 spiro atoms. The number of hydrogen-bond donors (Lipinski definition) is 1. The minimum absolute atomic E-state index is 0.112. The number of morpholine rings is 1. The lowest BCUT2D eigenvalue weighted by atomic mass is 10.1. The summed E-state index contributed by atoms with van der Waals surface area (Å²) in [4.78, 5) is 15.8. The molecule has 1 N–H and O–H groups in total. The van der Waals surface area contributed by atoms with E-state index >= 15 is 0 Å². The Morgan fingerprint density at radius 1 is 1.15 bits per heavy atom. The number of nitrogens with zero attached hydrogens (tertiary/aromatic N) is 2. The molecule has 0 bridgehead atoms. The molecule has 178 valence electrons. The number of ether oxygens (including phenoxy) is 2. The quantitative estimate of drug-likeness (QED) is 0.693. The van der Waals surface area contributed by atoms with Crippen LogP contribution in [0.25, 0.3) is 0 Å². The van der Waals surface area contributed by atoms with Crippen LogP contribution in [-0.4, -0.2) is 67.0 Å². The van der Waals surface area contributed by atoms with Crippen LogP contribution in [0.2, 0.25) is 0 Å². The van der Waals surface area contributed by atoms with Crippen molar-refractivity contribution in [1.29, 1.82) is 0 Å². The smallest absolute Gasteiger partial charge is 0.416 e. The Bertz CT molecular complexity index is 950. The van der Waals surface area contributed by atoms with Gasteiger partial charge in [-0.3, -0.25) is 4.90 Å². The number of benzene rings is 2. The Morgan fingerprint density at radius 3 is 2.45 bits per heavy atom. The number of anilines is 1. The number of halogens is 3. The topological polar surface area (TPSA) is 62.2 Å². The van der Waals surface area contributed by atoms with Gasteiger partial charge in [0.15, 0.2) is 0 Å². The monoisotopic (exact) mass is 464 g/mol. The Morgan fingerprint density at radius 2 is 1.85 bits per heavy atom. The maximum absolute atomic E-state index is 12.8. The Hall–Kier alpha value is -2.78. The van der Waals surface area contributed by atoms with E-state index in [-0.39, 0.29) is 23.8 Å². The maximum Gasteiger partial charge on any atom is 0.416 e. The molecule has 2 fully saturated rings. The van der Waals surface area contributed by atoms with E-state index in [1.807, 2.05) is 0 Å². The molecular formula is C24H27F3N2O4.